The standard InChI is InChI=1S/C14H16N2O3/c1-2-13-15-11-4-3-9(14(17)18)7-12(11)16(13)8-10-5-6-19-10/h3-4,7,10H,2,5-6,8H2,1H3,(H,17,18)/t10-/m0/s1. The Kier molecular flexibility index (Phi) is 2.98. The van der Waals surface area contributed by atoms with Gasteiger partial charge in [0.05, 0.1) is 29.2 Å². The van der Waals surface area contributed by atoms with E-state index in [9.17, 15) is 4.79 Å². The molecule has 5 nitrogen and oxygen atoms in total. The van der Waals surface area contributed by atoms with E-state index in [-0.39, 0.29) is 6.10 Å². The van der Waals surface area contributed by atoms with Crippen LogP contribution in [-0.2, 0) is 17.7 Å². The van der Waals surface area contributed by atoms with Crippen molar-refractivity contribution < 1.29 is 14.6 Å². The van der Waals surface area contributed by atoms with Gasteiger partial charge < -0.3 is 14.4 Å². The second-order valence-corrected chi connectivity index (χ2v) is 4.78. The van der Waals surface area contributed by atoms with Crippen molar-refractivity contribution in [2.75, 3.05) is 6.61 Å². The summed E-state index contributed by atoms with van der Waals surface area (Å²) in [5.41, 5.74) is 2.03. The summed E-state index contributed by atoms with van der Waals surface area (Å²) >= 11 is 0. The van der Waals surface area contributed by atoms with Crippen molar-refractivity contribution in [2.45, 2.75) is 32.4 Å². The van der Waals surface area contributed by atoms with Crippen molar-refractivity contribution in [1.82, 2.24) is 9.55 Å². The molecule has 0 radical (unpaired) electrons. The number of carboxylic acid groups (broad SMARTS) is 1. The molecule has 0 amide bonds. The van der Waals surface area contributed by atoms with Crippen LogP contribution in [0, 0.1) is 0 Å². The molecule has 1 aliphatic rings. The van der Waals surface area contributed by atoms with Gasteiger partial charge in [0.25, 0.3) is 0 Å². The number of imidazole rings is 1. The third-order valence-corrected chi connectivity index (χ3v) is 3.57. The van der Waals surface area contributed by atoms with Crippen LogP contribution in [0.4, 0.5) is 0 Å². The number of nitrogens with zero attached hydrogens (tertiary/aromatic N) is 2. The van der Waals surface area contributed by atoms with Crippen molar-refractivity contribution in [3.63, 3.8) is 0 Å². The second kappa shape index (κ2) is 4.66. The van der Waals surface area contributed by atoms with Gasteiger partial charge >= 0.3 is 5.97 Å². The molecule has 0 aliphatic carbocycles. The maximum atomic E-state index is 11.1. The Morgan fingerprint density at radius 2 is 2.37 bits per heavy atom. The summed E-state index contributed by atoms with van der Waals surface area (Å²) in [6.45, 7) is 3.62. The molecule has 1 aromatic carbocycles. The van der Waals surface area contributed by atoms with Crippen molar-refractivity contribution in [3.8, 4) is 0 Å². The Hall–Kier alpha value is -1.88. The molecular weight excluding hydrogens is 244 g/mol. The van der Waals surface area contributed by atoms with E-state index in [0.717, 1.165) is 42.9 Å². The predicted octanol–water partition coefficient (Wildman–Crippen LogP) is 2.09. The number of benzene rings is 1. The van der Waals surface area contributed by atoms with E-state index in [1.165, 1.54) is 0 Å². The molecule has 0 spiro atoms. The molecule has 0 saturated carbocycles. The minimum absolute atomic E-state index is 0.233. The Morgan fingerprint density at radius 1 is 1.58 bits per heavy atom. The second-order valence-electron chi connectivity index (χ2n) is 4.78. The topological polar surface area (TPSA) is 64.3 Å². The third kappa shape index (κ3) is 2.10. The fourth-order valence-electron chi connectivity index (χ4n) is 2.41. The SMILES string of the molecule is CCc1nc2ccc(C(=O)O)cc2n1C[C@@H]1CCO1. The van der Waals surface area contributed by atoms with Crippen LogP contribution in [-0.4, -0.2) is 33.3 Å². The van der Waals surface area contributed by atoms with Gasteiger partial charge in [-0.25, -0.2) is 9.78 Å². The molecule has 0 unspecified atom stereocenters. The van der Waals surface area contributed by atoms with Crippen LogP contribution in [0.5, 0.6) is 0 Å². The first-order valence-electron chi connectivity index (χ1n) is 6.53. The van der Waals surface area contributed by atoms with Crippen LogP contribution in [0.2, 0.25) is 0 Å². The molecular formula is C14H16N2O3. The Bertz CT molecular complexity index is 629. The lowest BCUT2D eigenvalue weighted by Crippen LogP contribution is -2.31. The maximum absolute atomic E-state index is 11.1. The van der Waals surface area contributed by atoms with E-state index >= 15 is 0 Å². The minimum atomic E-state index is -0.910. The number of carboxylic acids is 1. The largest absolute Gasteiger partial charge is 0.478 e. The van der Waals surface area contributed by atoms with Crippen LogP contribution in [0.25, 0.3) is 11.0 Å². The first-order valence-corrected chi connectivity index (χ1v) is 6.53. The summed E-state index contributed by atoms with van der Waals surface area (Å²) in [5, 5.41) is 9.08. The monoisotopic (exact) mass is 260 g/mol. The Balaban J connectivity index is 2.08. The molecule has 2 aromatic rings. The average molecular weight is 260 g/mol. The van der Waals surface area contributed by atoms with Gasteiger partial charge in [0.1, 0.15) is 5.82 Å². The normalized spacial score (nSPS) is 18.5. The van der Waals surface area contributed by atoms with Gasteiger partial charge in [-0.3, -0.25) is 0 Å². The number of carbonyl (C=O) groups is 1. The summed E-state index contributed by atoms with van der Waals surface area (Å²) in [7, 11) is 0. The lowest BCUT2D eigenvalue weighted by atomic mass is 10.1. The summed E-state index contributed by atoms with van der Waals surface area (Å²) in [5.74, 6) is 0.0700. The molecule has 1 fully saturated rings. The fourth-order valence-corrected chi connectivity index (χ4v) is 2.41. The number of aromatic nitrogens is 2. The Labute approximate surface area is 110 Å². The molecule has 19 heavy (non-hydrogen) atoms. The van der Waals surface area contributed by atoms with E-state index in [4.69, 9.17) is 9.84 Å². The van der Waals surface area contributed by atoms with E-state index in [2.05, 4.69) is 16.5 Å². The van der Waals surface area contributed by atoms with Crippen LogP contribution in [0.3, 0.4) is 0 Å². The number of hydrogen-bond acceptors (Lipinski definition) is 3. The van der Waals surface area contributed by atoms with Crippen LogP contribution >= 0.6 is 0 Å². The highest BCUT2D eigenvalue weighted by Crippen LogP contribution is 2.22. The zero-order valence-electron chi connectivity index (χ0n) is 10.8. The predicted molar refractivity (Wildman–Crippen MR) is 70.4 cm³/mol. The number of aryl methyl sites for hydroxylation is 1. The average Bonchev–Trinajstić information content (AvgIpc) is 2.70. The zero-order chi connectivity index (χ0) is 13.4. The van der Waals surface area contributed by atoms with Crippen molar-refractivity contribution >= 4 is 17.0 Å². The van der Waals surface area contributed by atoms with Gasteiger partial charge in [-0.05, 0) is 24.6 Å². The van der Waals surface area contributed by atoms with Gasteiger partial charge in [0.15, 0.2) is 0 Å². The number of rotatable bonds is 4. The molecule has 1 N–H and O–H groups in total. The van der Waals surface area contributed by atoms with Crippen molar-refractivity contribution in [3.05, 3.63) is 29.6 Å². The first kappa shape index (κ1) is 12.2. The molecule has 1 atom stereocenters. The molecule has 100 valence electrons. The lowest BCUT2D eigenvalue weighted by molar-refractivity contribution is -0.0589. The summed E-state index contributed by atoms with van der Waals surface area (Å²) < 4.78 is 7.55. The number of ether oxygens (including phenoxy) is 1. The van der Waals surface area contributed by atoms with E-state index in [0.29, 0.717) is 5.56 Å². The molecule has 0 bridgehead atoms. The van der Waals surface area contributed by atoms with Crippen molar-refractivity contribution in [2.24, 2.45) is 0 Å². The van der Waals surface area contributed by atoms with Gasteiger partial charge in [-0.1, -0.05) is 6.92 Å². The summed E-state index contributed by atoms with van der Waals surface area (Å²) in [6.07, 6.45) is 2.11. The molecule has 5 heteroatoms. The Morgan fingerprint density at radius 3 is 2.95 bits per heavy atom. The molecule has 1 aliphatic heterocycles. The smallest absolute Gasteiger partial charge is 0.335 e. The fraction of sp³-hybridized carbons (Fsp3) is 0.429. The summed E-state index contributed by atoms with van der Waals surface area (Å²) in [6, 6.07) is 5.07. The first-order chi connectivity index (χ1) is 9.19. The maximum Gasteiger partial charge on any atom is 0.335 e. The van der Waals surface area contributed by atoms with Crippen LogP contribution in [0.15, 0.2) is 18.2 Å². The quantitative estimate of drug-likeness (QED) is 0.914. The van der Waals surface area contributed by atoms with Crippen LogP contribution < -0.4 is 0 Å². The van der Waals surface area contributed by atoms with E-state index < -0.39 is 5.97 Å². The molecule has 1 aromatic heterocycles. The van der Waals surface area contributed by atoms with E-state index in [1.54, 1.807) is 18.2 Å². The minimum Gasteiger partial charge on any atom is -0.478 e. The van der Waals surface area contributed by atoms with Gasteiger partial charge in [-0.15, -0.1) is 0 Å². The van der Waals surface area contributed by atoms with Crippen molar-refractivity contribution in [1.29, 1.82) is 0 Å². The highest BCUT2D eigenvalue weighted by Gasteiger charge is 2.21. The number of aromatic carboxylic acids is 1. The van der Waals surface area contributed by atoms with Gasteiger partial charge in [0, 0.05) is 13.0 Å². The van der Waals surface area contributed by atoms with E-state index in [1.807, 2.05) is 0 Å². The number of fused-ring (bicyclic) bond motifs is 1. The molecule has 3 rings (SSSR count). The molecule has 1 saturated heterocycles. The molecule has 2 heterocycles. The third-order valence-electron chi connectivity index (χ3n) is 3.57. The number of hydrogen-bond donors (Lipinski definition) is 1. The zero-order valence-corrected chi connectivity index (χ0v) is 10.8. The summed E-state index contributed by atoms with van der Waals surface area (Å²) in [4.78, 5) is 15.6. The van der Waals surface area contributed by atoms with Crippen LogP contribution in [0.1, 0.15) is 29.5 Å². The van der Waals surface area contributed by atoms with Gasteiger partial charge in [0.2, 0.25) is 0 Å². The lowest BCUT2D eigenvalue weighted by Gasteiger charge is -2.27. The van der Waals surface area contributed by atoms with Gasteiger partial charge in [-0.2, -0.15) is 0 Å². The highest BCUT2D eigenvalue weighted by molar-refractivity contribution is 5.92. The highest BCUT2D eigenvalue weighted by atomic mass is 16.5.